The lowest BCUT2D eigenvalue weighted by molar-refractivity contribution is 0.352. The van der Waals surface area contributed by atoms with Crippen molar-refractivity contribution in [2.24, 2.45) is 10.9 Å². The Morgan fingerprint density at radius 3 is 2.70 bits per heavy atom. The quantitative estimate of drug-likeness (QED) is 0.345. The number of nitrogens with zero attached hydrogens (tertiary/aromatic N) is 3. The number of ether oxygens (including phenoxy) is 1. The molecule has 170 valence electrons. The van der Waals surface area contributed by atoms with Crippen molar-refractivity contribution >= 4 is 45.5 Å². The van der Waals surface area contributed by atoms with Crippen LogP contribution in [0, 0.1) is 5.92 Å². The molecule has 7 nitrogen and oxygen atoms in total. The second-order valence-corrected chi connectivity index (χ2v) is 11.2. The lowest BCUT2D eigenvalue weighted by Crippen LogP contribution is -2.57. The Hall–Kier alpha value is -1.23. The lowest BCUT2D eigenvalue weighted by atomic mass is 10.1. The number of methoxy groups -OCH3 is 1. The van der Waals surface area contributed by atoms with Gasteiger partial charge in [0.05, 0.1) is 23.3 Å². The van der Waals surface area contributed by atoms with Gasteiger partial charge in [-0.05, 0) is 45.2 Å². The van der Waals surface area contributed by atoms with Crippen molar-refractivity contribution in [3.63, 3.8) is 0 Å². The molecule has 1 unspecified atom stereocenters. The summed E-state index contributed by atoms with van der Waals surface area (Å²) in [5.41, 5.74) is 1.14. The number of sulfone groups is 1. The van der Waals surface area contributed by atoms with E-state index in [-0.39, 0.29) is 29.7 Å². The van der Waals surface area contributed by atoms with Crippen LogP contribution in [-0.2, 0) is 9.84 Å². The van der Waals surface area contributed by atoms with Gasteiger partial charge in [0.2, 0.25) is 0 Å². The first kappa shape index (κ1) is 25.0. The molecule has 0 aromatic heterocycles. The molecule has 0 spiro atoms. The van der Waals surface area contributed by atoms with E-state index in [9.17, 15) is 8.42 Å². The number of hydrogen-bond donors (Lipinski definition) is 1. The van der Waals surface area contributed by atoms with E-state index in [1.165, 1.54) is 0 Å². The fourth-order valence-corrected chi connectivity index (χ4v) is 5.42. The van der Waals surface area contributed by atoms with Crippen LogP contribution in [-0.4, -0.2) is 76.2 Å². The zero-order valence-electron chi connectivity index (χ0n) is 18.4. The zero-order chi connectivity index (χ0) is 21.1. The molecule has 1 atom stereocenters. The highest BCUT2D eigenvalue weighted by Gasteiger charge is 2.41. The van der Waals surface area contributed by atoms with Crippen molar-refractivity contribution in [3.05, 3.63) is 24.3 Å². The van der Waals surface area contributed by atoms with Gasteiger partial charge in [0, 0.05) is 39.3 Å². The van der Waals surface area contributed by atoms with Crippen LogP contribution in [0.2, 0.25) is 0 Å². The minimum absolute atomic E-state index is 0. The third kappa shape index (κ3) is 5.52. The number of benzene rings is 1. The number of guanidine groups is 1. The van der Waals surface area contributed by atoms with E-state index in [1.807, 2.05) is 25.1 Å². The summed E-state index contributed by atoms with van der Waals surface area (Å²) in [5, 5.41) is 3.35. The van der Waals surface area contributed by atoms with E-state index < -0.39 is 14.6 Å². The SMILES string of the molecule is CCNC(=NCC1CCN(c2ccccc2OC)C1)N1CCS(=O)(=O)C(C)(C)C1.I. The fraction of sp³-hybridized carbons (Fsp3) is 0.667. The van der Waals surface area contributed by atoms with Crippen molar-refractivity contribution < 1.29 is 13.2 Å². The summed E-state index contributed by atoms with van der Waals surface area (Å²) in [6.07, 6.45) is 1.08. The molecule has 0 aliphatic carbocycles. The molecule has 0 bridgehead atoms. The molecular weight excluding hydrogens is 515 g/mol. The van der Waals surface area contributed by atoms with Gasteiger partial charge in [-0.25, -0.2) is 8.42 Å². The molecule has 3 rings (SSSR count). The molecule has 9 heteroatoms. The van der Waals surface area contributed by atoms with Crippen LogP contribution >= 0.6 is 24.0 Å². The van der Waals surface area contributed by atoms with Crippen LogP contribution in [0.1, 0.15) is 27.2 Å². The average Bonchev–Trinajstić information content (AvgIpc) is 3.16. The van der Waals surface area contributed by atoms with Crippen LogP contribution in [0.3, 0.4) is 0 Å². The Kier molecular flexibility index (Phi) is 8.67. The minimum atomic E-state index is -3.06. The van der Waals surface area contributed by atoms with Crippen molar-refractivity contribution in [3.8, 4) is 5.75 Å². The minimum Gasteiger partial charge on any atom is -0.495 e. The first-order valence-corrected chi connectivity index (χ1v) is 12.1. The highest BCUT2D eigenvalue weighted by molar-refractivity contribution is 14.0. The third-order valence-electron chi connectivity index (χ3n) is 5.89. The molecule has 1 N–H and O–H groups in total. The van der Waals surface area contributed by atoms with E-state index in [0.29, 0.717) is 19.0 Å². The third-order valence-corrected chi connectivity index (χ3v) is 8.42. The summed E-state index contributed by atoms with van der Waals surface area (Å²) in [4.78, 5) is 9.34. The second kappa shape index (κ2) is 10.4. The lowest BCUT2D eigenvalue weighted by Gasteiger charge is -2.39. The average molecular weight is 551 g/mol. The molecule has 2 aliphatic rings. The maximum absolute atomic E-state index is 12.3. The Morgan fingerprint density at radius 1 is 1.30 bits per heavy atom. The number of hydrogen-bond acceptors (Lipinski definition) is 5. The van der Waals surface area contributed by atoms with Gasteiger partial charge in [-0.15, -0.1) is 24.0 Å². The normalized spacial score (nSPS) is 23.1. The summed E-state index contributed by atoms with van der Waals surface area (Å²) in [6, 6.07) is 8.13. The van der Waals surface area contributed by atoms with Crippen LogP contribution in [0.25, 0.3) is 0 Å². The Balaban J connectivity index is 0.00000320. The molecule has 2 heterocycles. The van der Waals surface area contributed by atoms with Crippen molar-refractivity contribution in [2.75, 3.05) is 57.0 Å². The number of aliphatic imine (C=N–C) groups is 1. The Morgan fingerprint density at radius 2 is 2.03 bits per heavy atom. The molecule has 0 amide bonds. The van der Waals surface area contributed by atoms with Crippen molar-refractivity contribution in [1.82, 2.24) is 10.2 Å². The van der Waals surface area contributed by atoms with E-state index in [2.05, 4.69) is 21.2 Å². The molecule has 1 aromatic rings. The van der Waals surface area contributed by atoms with Gasteiger partial charge in [-0.1, -0.05) is 12.1 Å². The maximum Gasteiger partial charge on any atom is 0.194 e. The van der Waals surface area contributed by atoms with Crippen LogP contribution in [0.4, 0.5) is 5.69 Å². The zero-order valence-corrected chi connectivity index (χ0v) is 21.6. The van der Waals surface area contributed by atoms with Gasteiger partial charge in [-0.2, -0.15) is 0 Å². The molecule has 0 saturated carbocycles. The van der Waals surface area contributed by atoms with E-state index in [1.54, 1.807) is 21.0 Å². The molecule has 2 aliphatic heterocycles. The van der Waals surface area contributed by atoms with Crippen LogP contribution in [0.5, 0.6) is 5.75 Å². The summed E-state index contributed by atoms with van der Waals surface area (Å²) >= 11 is 0. The van der Waals surface area contributed by atoms with Gasteiger partial charge < -0.3 is 19.9 Å². The molecule has 2 saturated heterocycles. The molecule has 2 fully saturated rings. The van der Waals surface area contributed by atoms with Gasteiger partial charge in [0.25, 0.3) is 0 Å². The van der Waals surface area contributed by atoms with Crippen LogP contribution in [0.15, 0.2) is 29.3 Å². The van der Waals surface area contributed by atoms with Gasteiger partial charge >= 0.3 is 0 Å². The van der Waals surface area contributed by atoms with Gasteiger partial charge in [0.1, 0.15) is 5.75 Å². The number of para-hydroxylation sites is 2. The summed E-state index contributed by atoms with van der Waals surface area (Å²) in [5.74, 6) is 2.37. The van der Waals surface area contributed by atoms with Crippen molar-refractivity contribution in [2.45, 2.75) is 31.9 Å². The summed E-state index contributed by atoms with van der Waals surface area (Å²) in [7, 11) is -1.35. The monoisotopic (exact) mass is 550 g/mol. The molecule has 1 aromatic carbocycles. The standard InChI is InChI=1S/C21H34N4O3S.HI/c1-5-22-20(25-12-13-29(26,27)21(2,3)16-25)23-14-17-10-11-24(15-17)18-8-6-7-9-19(18)28-4;/h6-9,17H,5,10-16H2,1-4H3,(H,22,23);1H. The molecular formula is C21H35IN4O3S. The second-order valence-electron chi connectivity index (χ2n) is 8.47. The first-order valence-electron chi connectivity index (χ1n) is 10.4. The largest absolute Gasteiger partial charge is 0.495 e. The predicted octanol–water partition coefficient (Wildman–Crippen LogP) is 2.61. The Bertz CT molecular complexity index is 844. The smallest absolute Gasteiger partial charge is 0.194 e. The van der Waals surface area contributed by atoms with Gasteiger partial charge in [0.15, 0.2) is 15.8 Å². The highest BCUT2D eigenvalue weighted by atomic mass is 127. The van der Waals surface area contributed by atoms with Gasteiger partial charge in [-0.3, -0.25) is 4.99 Å². The summed E-state index contributed by atoms with van der Waals surface area (Å²) in [6.45, 7) is 10.1. The highest BCUT2D eigenvalue weighted by Crippen LogP contribution is 2.32. The number of nitrogens with one attached hydrogen (secondary N) is 1. The van der Waals surface area contributed by atoms with E-state index >= 15 is 0 Å². The molecule has 0 radical (unpaired) electrons. The maximum atomic E-state index is 12.3. The number of anilines is 1. The van der Waals surface area contributed by atoms with Crippen molar-refractivity contribution in [1.29, 1.82) is 0 Å². The number of rotatable bonds is 5. The van der Waals surface area contributed by atoms with Crippen LogP contribution < -0.4 is 15.0 Å². The topological polar surface area (TPSA) is 74.2 Å². The molecule has 30 heavy (non-hydrogen) atoms. The van der Waals surface area contributed by atoms with E-state index in [4.69, 9.17) is 9.73 Å². The fourth-order valence-electron chi connectivity index (χ4n) is 4.06. The number of halogens is 1. The van der Waals surface area contributed by atoms with E-state index in [0.717, 1.165) is 50.0 Å². The predicted molar refractivity (Wildman–Crippen MR) is 134 cm³/mol. The Labute approximate surface area is 198 Å². The first-order chi connectivity index (χ1) is 13.8. The summed E-state index contributed by atoms with van der Waals surface area (Å²) < 4.78 is 29.4.